The molecule has 0 aromatic heterocycles. The van der Waals surface area contributed by atoms with Gasteiger partial charge in [0.15, 0.2) is 0 Å². The van der Waals surface area contributed by atoms with Crippen molar-refractivity contribution in [3.05, 3.63) is 23.8 Å². The molecule has 0 aliphatic carbocycles. The van der Waals surface area contributed by atoms with Gasteiger partial charge in [-0.25, -0.2) is 4.79 Å². The van der Waals surface area contributed by atoms with Crippen LogP contribution in [0.5, 0.6) is 0 Å². The Morgan fingerprint density at radius 3 is 2.48 bits per heavy atom. The highest BCUT2D eigenvalue weighted by Crippen LogP contribution is 2.50. The molecule has 4 amide bonds. The van der Waals surface area contributed by atoms with E-state index in [1.54, 1.807) is 13.8 Å². The van der Waals surface area contributed by atoms with Crippen molar-refractivity contribution >= 4 is 52.7 Å². The van der Waals surface area contributed by atoms with Gasteiger partial charge in [-0.1, -0.05) is 0 Å². The van der Waals surface area contributed by atoms with Crippen molar-refractivity contribution in [1.82, 2.24) is 10.2 Å². The summed E-state index contributed by atoms with van der Waals surface area (Å²) >= 11 is 1.33. The number of benzene rings is 1. The number of carboxylic acids is 1. The normalized spacial score (nSPS) is 27.0. The number of carboxylic acid groups (broad SMARTS) is 1. The number of thioether (sulfide) groups is 1. The molecular formula is C18H18N4O6S. The first-order chi connectivity index (χ1) is 13.6. The first-order valence-electron chi connectivity index (χ1n) is 8.86. The zero-order valence-electron chi connectivity index (χ0n) is 15.5. The highest BCUT2D eigenvalue weighted by molar-refractivity contribution is 8.01. The first kappa shape index (κ1) is 19.2. The van der Waals surface area contributed by atoms with Crippen LogP contribution in [0.15, 0.2) is 18.2 Å². The van der Waals surface area contributed by atoms with Crippen LogP contribution in [0.2, 0.25) is 0 Å². The molecule has 1 aromatic rings. The molecule has 4 rings (SSSR count). The number of β-lactam (4-membered cyclic amide) rings is 1. The molecule has 3 atom stereocenters. The minimum absolute atomic E-state index is 0.198. The number of rotatable bonds is 3. The van der Waals surface area contributed by atoms with Gasteiger partial charge in [-0.05, 0) is 32.0 Å². The number of hydrogen-bond donors (Lipinski definition) is 4. The Hall–Kier alpha value is -3.08. The fourth-order valence-electron chi connectivity index (χ4n) is 3.80. The highest BCUT2D eigenvalue weighted by atomic mass is 32.2. The Morgan fingerprint density at radius 2 is 1.83 bits per heavy atom. The Balaban J connectivity index is 1.51. The number of nitrogens with zero attached hydrogens (tertiary/aromatic N) is 1. The predicted molar refractivity (Wildman–Crippen MR) is 103 cm³/mol. The number of aliphatic carboxylic acids is 1. The minimum atomic E-state index is -1.08. The molecule has 3 aliphatic heterocycles. The predicted octanol–water partition coefficient (Wildman–Crippen LogP) is 0.213. The van der Waals surface area contributed by atoms with Crippen molar-refractivity contribution in [3.63, 3.8) is 0 Å². The molecule has 1 aromatic carbocycles. The Labute approximate surface area is 169 Å². The maximum atomic E-state index is 12.7. The lowest BCUT2D eigenvalue weighted by Crippen LogP contribution is -2.70. The van der Waals surface area contributed by atoms with Crippen LogP contribution in [0.1, 0.15) is 30.6 Å². The summed E-state index contributed by atoms with van der Waals surface area (Å²) in [6.45, 7) is 3.51. The van der Waals surface area contributed by atoms with Crippen LogP contribution >= 0.6 is 11.8 Å². The van der Waals surface area contributed by atoms with E-state index < -0.39 is 51.8 Å². The largest absolute Gasteiger partial charge is 0.480 e. The van der Waals surface area contributed by atoms with Crippen LogP contribution in [0.4, 0.5) is 11.4 Å². The summed E-state index contributed by atoms with van der Waals surface area (Å²) in [5.41, 5.74) is 0.863. The van der Waals surface area contributed by atoms with Crippen LogP contribution in [-0.2, 0) is 19.2 Å². The van der Waals surface area contributed by atoms with Gasteiger partial charge in [0.2, 0.25) is 17.7 Å². The van der Waals surface area contributed by atoms with E-state index in [0.29, 0.717) is 5.69 Å². The lowest BCUT2D eigenvalue weighted by Gasteiger charge is -2.43. The van der Waals surface area contributed by atoms with E-state index in [1.165, 1.54) is 34.9 Å². The second kappa shape index (κ2) is 6.48. The summed E-state index contributed by atoms with van der Waals surface area (Å²) in [5.74, 6) is -3.00. The molecule has 0 bridgehead atoms. The van der Waals surface area contributed by atoms with Gasteiger partial charge < -0.3 is 26.0 Å². The zero-order chi connectivity index (χ0) is 21.1. The molecule has 152 valence electrons. The lowest BCUT2D eigenvalue weighted by atomic mass is 9.96. The number of hydrogen-bond acceptors (Lipinski definition) is 6. The van der Waals surface area contributed by atoms with Gasteiger partial charge in [-0.15, -0.1) is 11.8 Å². The summed E-state index contributed by atoms with van der Waals surface area (Å²) in [4.78, 5) is 61.3. The van der Waals surface area contributed by atoms with E-state index in [1.807, 2.05) is 0 Å². The topological polar surface area (TPSA) is 145 Å². The van der Waals surface area contributed by atoms with Gasteiger partial charge in [-0.2, -0.15) is 0 Å². The summed E-state index contributed by atoms with van der Waals surface area (Å²) in [5, 5.41) is 16.8. The number of carbonyl (C=O) groups is 5. The van der Waals surface area contributed by atoms with Crippen LogP contribution in [0.3, 0.4) is 0 Å². The Bertz CT molecular complexity index is 977. The third-order valence-corrected chi connectivity index (χ3v) is 6.68. The summed E-state index contributed by atoms with van der Waals surface area (Å²) in [6, 6.07) is 2.60. The number of nitrogens with one attached hydrogen (secondary N) is 3. The van der Waals surface area contributed by atoms with E-state index in [4.69, 9.17) is 0 Å². The molecule has 0 spiro atoms. The first-order valence-corrected chi connectivity index (χ1v) is 9.74. The smallest absolute Gasteiger partial charge is 0.327 e. The molecule has 0 saturated carbocycles. The van der Waals surface area contributed by atoms with E-state index in [2.05, 4.69) is 16.0 Å². The molecule has 0 radical (unpaired) electrons. The maximum absolute atomic E-state index is 12.7. The molecule has 3 heterocycles. The fourth-order valence-corrected chi connectivity index (χ4v) is 5.43. The molecule has 2 fully saturated rings. The average molecular weight is 418 g/mol. The van der Waals surface area contributed by atoms with E-state index in [0.717, 1.165) is 0 Å². The molecule has 3 aliphatic rings. The van der Waals surface area contributed by atoms with Gasteiger partial charge in [-0.3, -0.25) is 19.2 Å². The van der Waals surface area contributed by atoms with Crippen molar-refractivity contribution < 1.29 is 29.1 Å². The van der Waals surface area contributed by atoms with E-state index in [9.17, 15) is 29.1 Å². The number of amides is 4. The lowest BCUT2D eigenvalue weighted by molar-refractivity contribution is -0.159. The van der Waals surface area contributed by atoms with Gasteiger partial charge in [0.25, 0.3) is 5.91 Å². The molecule has 10 nitrogen and oxygen atoms in total. The van der Waals surface area contributed by atoms with Crippen LogP contribution < -0.4 is 16.0 Å². The van der Waals surface area contributed by atoms with Gasteiger partial charge in [0.05, 0.1) is 11.4 Å². The van der Waals surface area contributed by atoms with E-state index >= 15 is 0 Å². The van der Waals surface area contributed by atoms with Gasteiger partial charge in [0, 0.05) is 10.3 Å². The molecule has 4 N–H and O–H groups in total. The monoisotopic (exact) mass is 418 g/mol. The molecular weight excluding hydrogens is 400 g/mol. The van der Waals surface area contributed by atoms with Crippen molar-refractivity contribution in [2.24, 2.45) is 0 Å². The van der Waals surface area contributed by atoms with Crippen LogP contribution in [0, 0.1) is 0 Å². The number of fused-ring (bicyclic) bond motifs is 2. The number of carbonyl (C=O) groups excluding carboxylic acids is 4. The van der Waals surface area contributed by atoms with Crippen LogP contribution in [0.25, 0.3) is 0 Å². The fraction of sp³-hybridized carbons (Fsp3) is 0.389. The molecule has 11 heteroatoms. The van der Waals surface area contributed by atoms with Gasteiger partial charge >= 0.3 is 5.97 Å². The Morgan fingerprint density at radius 1 is 1.17 bits per heavy atom. The second-order valence-electron chi connectivity index (χ2n) is 7.58. The van der Waals surface area contributed by atoms with E-state index in [-0.39, 0.29) is 17.7 Å². The minimum Gasteiger partial charge on any atom is -0.480 e. The highest BCUT2D eigenvalue weighted by Gasteiger charge is 2.64. The standard InChI is InChI=1S/C18H18N4O6S/c1-18(2)13(17(27)28)22-15(26)12(16(22)29-18)21-14(25)7-3-4-8-9(5-7)20-11(24)6-10(23)19-8/h3-5,12-13,16H,6H2,1-2H3,(H,19,23)(H,20,24)(H,21,25)(H,27,28). The molecule has 3 unspecified atom stereocenters. The van der Waals surface area contributed by atoms with Crippen molar-refractivity contribution in [3.8, 4) is 0 Å². The quantitative estimate of drug-likeness (QED) is 0.406. The molecule has 2 saturated heterocycles. The molecule has 29 heavy (non-hydrogen) atoms. The summed E-state index contributed by atoms with van der Waals surface area (Å²) < 4.78 is -0.682. The van der Waals surface area contributed by atoms with Crippen molar-refractivity contribution in [2.45, 2.75) is 42.5 Å². The van der Waals surface area contributed by atoms with Crippen molar-refractivity contribution in [2.75, 3.05) is 10.6 Å². The average Bonchev–Trinajstić information content (AvgIpc) is 2.78. The third-order valence-electron chi connectivity index (χ3n) is 5.11. The van der Waals surface area contributed by atoms with Crippen molar-refractivity contribution in [1.29, 1.82) is 0 Å². The van der Waals surface area contributed by atoms with Gasteiger partial charge in [0.1, 0.15) is 23.9 Å². The zero-order valence-corrected chi connectivity index (χ0v) is 16.3. The summed E-state index contributed by atoms with van der Waals surface area (Å²) in [7, 11) is 0. The summed E-state index contributed by atoms with van der Waals surface area (Å²) in [6.07, 6.45) is -0.317. The van der Waals surface area contributed by atoms with Crippen LogP contribution in [-0.4, -0.2) is 61.8 Å². The second-order valence-corrected chi connectivity index (χ2v) is 9.35. The third kappa shape index (κ3) is 3.11. The Kier molecular flexibility index (Phi) is 4.30. The number of anilines is 2. The maximum Gasteiger partial charge on any atom is 0.327 e. The SMILES string of the molecule is CC1(C)SC2C(NC(=O)c3ccc4c(c3)NC(=O)CC(=O)N4)C(=O)N2C1C(=O)O.